The van der Waals surface area contributed by atoms with Crippen LogP contribution in [-0.2, 0) is 4.74 Å². The van der Waals surface area contributed by atoms with Crippen LogP contribution in [0.2, 0.25) is 0 Å². The Balaban J connectivity index is 1.88. The minimum absolute atomic E-state index is 0.314. The monoisotopic (exact) mass is 356 g/mol. The molecule has 0 bridgehead atoms. The first kappa shape index (κ1) is 19.9. The van der Waals surface area contributed by atoms with E-state index in [4.69, 9.17) is 9.73 Å². The Morgan fingerprint density at radius 3 is 2.58 bits per heavy atom. The van der Waals surface area contributed by atoms with Crippen molar-refractivity contribution in [3.63, 3.8) is 0 Å². The molecule has 1 saturated heterocycles. The first-order valence-electron chi connectivity index (χ1n) is 9.73. The molecule has 1 heterocycles. The van der Waals surface area contributed by atoms with Crippen LogP contribution in [0.25, 0.3) is 0 Å². The molecule has 2 rings (SSSR count). The van der Waals surface area contributed by atoms with Gasteiger partial charge in [0.25, 0.3) is 0 Å². The summed E-state index contributed by atoms with van der Waals surface area (Å²) in [5.41, 5.74) is 0.314. The average molecular weight is 357 g/mol. The summed E-state index contributed by atoms with van der Waals surface area (Å²) in [6, 6.07) is 0. The molecule has 5 nitrogen and oxygen atoms in total. The number of aliphatic imine (C=N–C) groups is 1. The van der Waals surface area contributed by atoms with Crippen molar-refractivity contribution in [3.05, 3.63) is 0 Å². The van der Waals surface area contributed by atoms with Gasteiger partial charge in [-0.1, -0.05) is 12.8 Å². The summed E-state index contributed by atoms with van der Waals surface area (Å²) < 4.78 is 5.40. The molecule has 2 N–H and O–H groups in total. The summed E-state index contributed by atoms with van der Waals surface area (Å²) in [5.74, 6) is 3.52. The number of ether oxygens (including phenoxy) is 1. The smallest absolute Gasteiger partial charge is 0.191 e. The van der Waals surface area contributed by atoms with Crippen molar-refractivity contribution < 1.29 is 4.74 Å². The maximum atomic E-state index is 5.40. The van der Waals surface area contributed by atoms with Crippen LogP contribution in [0.15, 0.2) is 4.99 Å². The third-order valence-electron chi connectivity index (χ3n) is 5.05. The Bertz CT molecular complexity index is 366. The molecule has 1 aliphatic carbocycles. The van der Waals surface area contributed by atoms with Crippen molar-refractivity contribution in [2.24, 2.45) is 4.99 Å². The highest BCUT2D eigenvalue weighted by Gasteiger charge is 2.39. The van der Waals surface area contributed by atoms with E-state index in [1.165, 1.54) is 50.3 Å². The fraction of sp³-hybridized carbons (Fsp3) is 0.944. The molecule has 0 aromatic heterocycles. The molecular formula is C18H36N4OS. The van der Waals surface area contributed by atoms with Gasteiger partial charge in [0.2, 0.25) is 0 Å². The van der Waals surface area contributed by atoms with Crippen LogP contribution in [0, 0.1) is 0 Å². The highest BCUT2D eigenvalue weighted by Crippen LogP contribution is 2.37. The average Bonchev–Trinajstić information content (AvgIpc) is 3.10. The topological polar surface area (TPSA) is 48.9 Å². The standard InChI is InChI=1S/C18H36N4OS/c1-3-19-17(20-10-7-13-23-4-2)21-16-18(8-5-6-9-18)22-11-14-24-15-12-22/h3-16H2,1-2H3,(H2,19,20,21). The first-order chi connectivity index (χ1) is 11.8. The minimum Gasteiger partial charge on any atom is -0.382 e. The van der Waals surface area contributed by atoms with Crippen molar-refractivity contribution in [1.29, 1.82) is 0 Å². The van der Waals surface area contributed by atoms with Gasteiger partial charge >= 0.3 is 0 Å². The van der Waals surface area contributed by atoms with Crippen molar-refractivity contribution in [2.45, 2.75) is 51.5 Å². The number of rotatable bonds is 9. The lowest BCUT2D eigenvalue weighted by molar-refractivity contribution is 0.112. The van der Waals surface area contributed by atoms with E-state index in [1.54, 1.807) is 0 Å². The zero-order chi connectivity index (χ0) is 17.1. The molecule has 0 unspecified atom stereocenters. The quantitative estimate of drug-likeness (QED) is 0.377. The lowest BCUT2D eigenvalue weighted by Crippen LogP contribution is -2.53. The Morgan fingerprint density at radius 1 is 1.17 bits per heavy atom. The van der Waals surface area contributed by atoms with E-state index in [9.17, 15) is 0 Å². The number of guanidine groups is 1. The van der Waals surface area contributed by atoms with E-state index in [1.807, 2.05) is 6.92 Å². The number of nitrogens with zero attached hydrogens (tertiary/aromatic N) is 2. The van der Waals surface area contributed by atoms with Gasteiger partial charge in [-0.15, -0.1) is 0 Å². The highest BCUT2D eigenvalue weighted by atomic mass is 32.2. The predicted molar refractivity (Wildman–Crippen MR) is 105 cm³/mol. The first-order valence-corrected chi connectivity index (χ1v) is 10.9. The number of hydrogen-bond donors (Lipinski definition) is 2. The van der Waals surface area contributed by atoms with Gasteiger partial charge in [-0.25, -0.2) is 0 Å². The summed E-state index contributed by atoms with van der Waals surface area (Å²) in [5, 5.41) is 6.85. The molecule has 2 aliphatic rings. The van der Waals surface area contributed by atoms with Crippen LogP contribution in [0.1, 0.15) is 46.0 Å². The zero-order valence-electron chi connectivity index (χ0n) is 15.6. The molecular weight excluding hydrogens is 320 g/mol. The zero-order valence-corrected chi connectivity index (χ0v) is 16.4. The maximum absolute atomic E-state index is 5.40. The Labute approximate surface area is 152 Å². The molecule has 6 heteroatoms. The van der Waals surface area contributed by atoms with Crippen molar-refractivity contribution >= 4 is 17.7 Å². The molecule has 24 heavy (non-hydrogen) atoms. The molecule has 0 atom stereocenters. The van der Waals surface area contributed by atoms with Gasteiger partial charge < -0.3 is 15.4 Å². The van der Waals surface area contributed by atoms with Gasteiger partial charge in [-0.3, -0.25) is 9.89 Å². The molecule has 0 amide bonds. The Kier molecular flexibility index (Phi) is 9.28. The second-order valence-corrected chi connectivity index (χ2v) is 7.93. The molecule has 140 valence electrons. The van der Waals surface area contributed by atoms with E-state index >= 15 is 0 Å². The second kappa shape index (κ2) is 11.2. The van der Waals surface area contributed by atoms with Crippen LogP contribution in [0.5, 0.6) is 0 Å². The fourth-order valence-corrected chi connectivity index (χ4v) is 4.64. The van der Waals surface area contributed by atoms with Crippen LogP contribution in [0.4, 0.5) is 0 Å². The summed E-state index contributed by atoms with van der Waals surface area (Å²) in [7, 11) is 0. The van der Waals surface area contributed by atoms with Crippen LogP contribution >= 0.6 is 11.8 Å². The van der Waals surface area contributed by atoms with E-state index in [0.29, 0.717) is 5.54 Å². The summed E-state index contributed by atoms with van der Waals surface area (Å²) in [4.78, 5) is 7.70. The van der Waals surface area contributed by atoms with Crippen LogP contribution < -0.4 is 10.6 Å². The summed E-state index contributed by atoms with van der Waals surface area (Å²) >= 11 is 2.09. The largest absolute Gasteiger partial charge is 0.382 e. The number of nitrogens with one attached hydrogen (secondary N) is 2. The third kappa shape index (κ3) is 6.12. The van der Waals surface area contributed by atoms with Gasteiger partial charge in [-0.2, -0.15) is 11.8 Å². The molecule has 0 spiro atoms. The lowest BCUT2D eigenvalue weighted by Gasteiger charge is -2.42. The van der Waals surface area contributed by atoms with Crippen molar-refractivity contribution in [3.8, 4) is 0 Å². The van der Waals surface area contributed by atoms with E-state index in [-0.39, 0.29) is 0 Å². The molecule has 1 saturated carbocycles. The number of hydrogen-bond acceptors (Lipinski definition) is 4. The predicted octanol–water partition coefficient (Wildman–Crippen LogP) is 2.33. The normalized spacial score (nSPS) is 21.8. The van der Waals surface area contributed by atoms with Crippen molar-refractivity contribution in [1.82, 2.24) is 15.5 Å². The van der Waals surface area contributed by atoms with Gasteiger partial charge in [0.1, 0.15) is 0 Å². The summed E-state index contributed by atoms with van der Waals surface area (Å²) in [6.07, 6.45) is 6.36. The second-order valence-electron chi connectivity index (χ2n) is 6.70. The molecule has 0 radical (unpaired) electrons. The van der Waals surface area contributed by atoms with E-state index < -0.39 is 0 Å². The highest BCUT2D eigenvalue weighted by molar-refractivity contribution is 7.99. The van der Waals surface area contributed by atoms with E-state index in [0.717, 1.165) is 45.2 Å². The van der Waals surface area contributed by atoms with Crippen molar-refractivity contribution in [2.75, 3.05) is 57.4 Å². The summed E-state index contributed by atoms with van der Waals surface area (Å²) in [6.45, 7) is 11.0. The molecule has 0 aromatic carbocycles. The van der Waals surface area contributed by atoms with Gasteiger partial charge in [0.05, 0.1) is 6.54 Å². The molecule has 1 aliphatic heterocycles. The van der Waals surface area contributed by atoms with Gasteiger partial charge in [-0.05, 0) is 33.1 Å². The Hall–Kier alpha value is -0.460. The molecule has 2 fully saturated rings. The van der Waals surface area contributed by atoms with Crippen LogP contribution in [0.3, 0.4) is 0 Å². The maximum Gasteiger partial charge on any atom is 0.191 e. The third-order valence-corrected chi connectivity index (χ3v) is 6.00. The Morgan fingerprint density at radius 2 is 1.92 bits per heavy atom. The fourth-order valence-electron chi connectivity index (χ4n) is 3.74. The lowest BCUT2D eigenvalue weighted by atomic mass is 9.95. The van der Waals surface area contributed by atoms with Gasteiger partial charge in [0, 0.05) is 56.4 Å². The number of thioether (sulfide) groups is 1. The SMILES string of the molecule is CCNC(=NCC1(N2CCSCC2)CCCC1)NCCCOCC. The minimum atomic E-state index is 0.314. The molecule has 0 aromatic rings. The van der Waals surface area contributed by atoms with Crippen LogP contribution in [-0.4, -0.2) is 73.8 Å². The van der Waals surface area contributed by atoms with Gasteiger partial charge in [0.15, 0.2) is 5.96 Å². The van der Waals surface area contributed by atoms with E-state index in [2.05, 4.69) is 34.2 Å².